The predicted molar refractivity (Wildman–Crippen MR) is 65.6 cm³/mol. The van der Waals surface area contributed by atoms with Gasteiger partial charge < -0.3 is 15.4 Å². The van der Waals surface area contributed by atoms with Crippen molar-refractivity contribution in [2.45, 2.75) is 19.4 Å². The van der Waals surface area contributed by atoms with Gasteiger partial charge in [-0.15, -0.1) is 0 Å². The van der Waals surface area contributed by atoms with Crippen LogP contribution in [0.1, 0.15) is 18.9 Å². The van der Waals surface area contributed by atoms with E-state index in [1.54, 1.807) is 12.3 Å². The van der Waals surface area contributed by atoms with E-state index < -0.39 is 0 Å². The Hall–Kier alpha value is -1.80. The minimum absolute atomic E-state index is 0.284. The molecule has 0 aliphatic carbocycles. The summed E-state index contributed by atoms with van der Waals surface area (Å²) in [6.45, 7) is 4.24. The van der Waals surface area contributed by atoms with Crippen LogP contribution in [0.2, 0.25) is 0 Å². The third-order valence-corrected chi connectivity index (χ3v) is 2.98. The van der Waals surface area contributed by atoms with E-state index in [0.717, 1.165) is 18.8 Å². The Morgan fingerprint density at radius 1 is 1.71 bits per heavy atom. The lowest BCUT2D eigenvalue weighted by atomic mass is 10.1. The number of morpholine rings is 1. The molecule has 0 spiro atoms. The number of aromatic nitrogens is 1. The van der Waals surface area contributed by atoms with Crippen LogP contribution >= 0.6 is 0 Å². The van der Waals surface area contributed by atoms with E-state index in [1.807, 2.05) is 0 Å². The van der Waals surface area contributed by atoms with Gasteiger partial charge in [0.1, 0.15) is 11.9 Å². The molecule has 0 aromatic carbocycles. The number of nitriles is 1. The first-order valence-electron chi connectivity index (χ1n) is 5.76. The van der Waals surface area contributed by atoms with E-state index >= 15 is 0 Å². The van der Waals surface area contributed by atoms with Gasteiger partial charge >= 0.3 is 0 Å². The van der Waals surface area contributed by atoms with Crippen molar-refractivity contribution in [3.05, 3.63) is 17.8 Å². The lowest BCUT2D eigenvalue weighted by Gasteiger charge is -2.36. The summed E-state index contributed by atoms with van der Waals surface area (Å²) in [6, 6.07) is 4.11. The largest absolute Gasteiger partial charge is 0.397 e. The second-order valence-corrected chi connectivity index (χ2v) is 4.08. The number of ether oxygens (including phenoxy) is 1. The molecule has 0 saturated carbocycles. The van der Waals surface area contributed by atoms with Crippen LogP contribution in [0.4, 0.5) is 11.5 Å². The van der Waals surface area contributed by atoms with Crippen LogP contribution in [0.5, 0.6) is 0 Å². The number of hydrogen-bond acceptors (Lipinski definition) is 5. The number of nitrogen functional groups attached to an aromatic ring is 1. The van der Waals surface area contributed by atoms with Crippen molar-refractivity contribution in [1.82, 2.24) is 4.98 Å². The van der Waals surface area contributed by atoms with Crippen LogP contribution < -0.4 is 10.6 Å². The molecule has 2 rings (SSSR count). The van der Waals surface area contributed by atoms with E-state index in [1.165, 1.54) is 0 Å². The summed E-state index contributed by atoms with van der Waals surface area (Å²) in [6.07, 6.45) is 2.56. The van der Waals surface area contributed by atoms with Crippen LogP contribution in [-0.2, 0) is 4.74 Å². The minimum atomic E-state index is 0.284. The zero-order valence-electron chi connectivity index (χ0n) is 9.89. The second-order valence-electron chi connectivity index (χ2n) is 4.08. The maximum absolute atomic E-state index is 9.13. The lowest BCUT2D eigenvalue weighted by Crippen LogP contribution is -2.46. The molecule has 1 fully saturated rings. The Morgan fingerprint density at radius 3 is 3.24 bits per heavy atom. The van der Waals surface area contributed by atoms with Crippen LogP contribution in [0.3, 0.4) is 0 Å². The predicted octanol–water partition coefficient (Wildman–Crippen LogP) is 1.15. The first kappa shape index (κ1) is 11.7. The standard InChI is InChI=1S/C12H16N4O/c1-2-11-8-17-4-3-16(11)12-9(6-13)5-10(14)7-15-12/h5,7,11H,2-4,8,14H2,1H3. The van der Waals surface area contributed by atoms with E-state index in [-0.39, 0.29) is 6.04 Å². The van der Waals surface area contributed by atoms with Crippen LogP contribution in [0, 0.1) is 11.3 Å². The highest BCUT2D eigenvalue weighted by Crippen LogP contribution is 2.24. The van der Waals surface area contributed by atoms with Gasteiger partial charge in [-0.3, -0.25) is 0 Å². The topological polar surface area (TPSA) is 75.2 Å². The molecule has 2 N–H and O–H groups in total. The molecule has 1 atom stereocenters. The fourth-order valence-corrected chi connectivity index (χ4v) is 2.06. The normalized spacial score (nSPS) is 20.0. The van der Waals surface area contributed by atoms with Gasteiger partial charge in [-0.2, -0.15) is 5.26 Å². The summed E-state index contributed by atoms with van der Waals surface area (Å²) < 4.78 is 5.44. The molecule has 5 heteroatoms. The summed E-state index contributed by atoms with van der Waals surface area (Å²) in [5.74, 6) is 0.719. The summed E-state index contributed by atoms with van der Waals surface area (Å²) in [7, 11) is 0. The molecule has 90 valence electrons. The molecule has 1 aliphatic heterocycles. The molecular formula is C12H16N4O. The van der Waals surface area contributed by atoms with E-state index in [0.29, 0.717) is 24.5 Å². The van der Waals surface area contributed by atoms with Crippen LogP contribution in [0.25, 0.3) is 0 Å². The van der Waals surface area contributed by atoms with E-state index in [4.69, 9.17) is 15.7 Å². The average Bonchev–Trinajstić information content (AvgIpc) is 2.38. The fraction of sp³-hybridized carbons (Fsp3) is 0.500. The third kappa shape index (κ3) is 2.32. The molecule has 1 aromatic rings. The lowest BCUT2D eigenvalue weighted by molar-refractivity contribution is 0.0925. The Labute approximate surface area is 101 Å². The Morgan fingerprint density at radius 2 is 2.53 bits per heavy atom. The van der Waals surface area contributed by atoms with Gasteiger partial charge in [0.2, 0.25) is 0 Å². The Bertz CT molecular complexity index is 441. The Balaban J connectivity index is 2.35. The number of rotatable bonds is 2. The van der Waals surface area contributed by atoms with Gasteiger partial charge in [0.15, 0.2) is 0 Å². The zero-order chi connectivity index (χ0) is 12.3. The smallest absolute Gasteiger partial charge is 0.147 e. The SMILES string of the molecule is CCC1COCCN1c1ncc(N)cc1C#N. The van der Waals surface area contributed by atoms with Gasteiger partial charge in [-0.25, -0.2) is 4.98 Å². The molecule has 1 saturated heterocycles. The average molecular weight is 232 g/mol. The van der Waals surface area contributed by atoms with Gasteiger partial charge in [-0.05, 0) is 12.5 Å². The van der Waals surface area contributed by atoms with Crippen molar-refractivity contribution >= 4 is 11.5 Å². The molecule has 2 heterocycles. The van der Waals surface area contributed by atoms with Crippen LogP contribution in [-0.4, -0.2) is 30.8 Å². The molecule has 1 aromatic heterocycles. The van der Waals surface area contributed by atoms with Crippen molar-refractivity contribution < 1.29 is 4.74 Å². The van der Waals surface area contributed by atoms with E-state index in [2.05, 4.69) is 22.9 Å². The van der Waals surface area contributed by atoms with Crippen molar-refractivity contribution in [3.8, 4) is 6.07 Å². The molecule has 17 heavy (non-hydrogen) atoms. The second kappa shape index (κ2) is 5.02. The quantitative estimate of drug-likeness (QED) is 0.827. The third-order valence-electron chi connectivity index (χ3n) is 2.98. The maximum Gasteiger partial charge on any atom is 0.147 e. The van der Waals surface area contributed by atoms with Gasteiger partial charge in [0.25, 0.3) is 0 Å². The number of hydrogen-bond donors (Lipinski definition) is 1. The first-order chi connectivity index (χ1) is 8.26. The molecule has 0 bridgehead atoms. The van der Waals surface area contributed by atoms with Gasteiger partial charge in [0.05, 0.1) is 36.7 Å². The van der Waals surface area contributed by atoms with Crippen molar-refractivity contribution in [2.75, 3.05) is 30.4 Å². The molecular weight excluding hydrogens is 216 g/mol. The number of pyridine rings is 1. The van der Waals surface area contributed by atoms with Crippen molar-refractivity contribution in [3.63, 3.8) is 0 Å². The first-order valence-corrected chi connectivity index (χ1v) is 5.76. The highest BCUT2D eigenvalue weighted by Gasteiger charge is 2.24. The summed E-state index contributed by atoms with van der Waals surface area (Å²) in [5, 5.41) is 9.13. The van der Waals surface area contributed by atoms with Gasteiger partial charge in [0, 0.05) is 6.54 Å². The summed E-state index contributed by atoms with van der Waals surface area (Å²) in [4.78, 5) is 6.43. The highest BCUT2D eigenvalue weighted by molar-refractivity contribution is 5.59. The molecule has 5 nitrogen and oxygen atoms in total. The zero-order valence-corrected chi connectivity index (χ0v) is 9.89. The molecule has 1 aliphatic rings. The summed E-state index contributed by atoms with van der Waals surface area (Å²) in [5.41, 5.74) is 6.70. The monoisotopic (exact) mass is 232 g/mol. The van der Waals surface area contributed by atoms with Crippen molar-refractivity contribution in [1.29, 1.82) is 5.26 Å². The minimum Gasteiger partial charge on any atom is -0.397 e. The van der Waals surface area contributed by atoms with E-state index in [9.17, 15) is 0 Å². The molecule has 0 radical (unpaired) electrons. The number of nitrogens with two attached hydrogens (primary N) is 1. The molecule has 1 unspecified atom stereocenters. The molecule has 0 amide bonds. The van der Waals surface area contributed by atoms with Crippen molar-refractivity contribution in [2.24, 2.45) is 0 Å². The highest BCUT2D eigenvalue weighted by atomic mass is 16.5. The maximum atomic E-state index is 9.13. The van der Waals surface area contributed by atoms with Crippen LogP contribution in [0.15, 0.2) is 12.3 Å². The fourth-order valence-electron chi connectivity index (χ4n) is 2.06. The number of nitrogens with zero attached hydrogens (tertiary/aromatic N) is 3. The van der Waals surface area contributed by atoms with Gasteiger partial charge in [-0.1, -0.05) is 6.92 Å². The Kier molecular flexibility index (Phi) is 3.45. The summed E-state index contributed by atoms with van der Waals surface area (Å²) >= 11 is 0. The number of anilines is 2.